The van der Waals surface area contributed by atoms with Crippen molar-refractivity contribution in [1.82, 2.24) is 15.0 Å². The third-order valence-electron chi connectivity index (χ3n) is 11.4. The van der Waals surface area contributed by atoms with E-state index in [1.54, 1.807) is 0 Å². The standard InChI is InChI=1S/C54H39N3/c1-36-30-37(2)52(55-35-36)42-26-28-46-47-29-27-43(33-49(47)54(48(46)32-42,44-22-11-5-12-23-44)45-24-13-6-14-25-45)53-56-50(39-18-9-4-10-19-39)34-51(57-53)41-21-15-20-40(31-41)38-16-7-3-8-17-38/h3-35H,1-2H3. The summed E-state index contributed by atoms with van der Waals surface area (Å²) in [6.45, 7) is 4.25. The summed E-state index contributed by atoms with van der Waals surface area (Å²) in [6.07, 6.45) is 1.97. The zero-order valence-electron chi connectivity index (χ0n) is 31.9. The molecule has 7 aromatic carbocycles. The predicted octanol–water partition coefficient (Wildman–Crippen LogP) is 13.2. The van der Waals surface area contributed by atoms with Crippen molar-refractivity contribution < 1.29 is 0 Å². The number of benzene rings is 7. The van der Waals surface area contributed by atoms with Gasteiger partial charge in [-0.15, -0.1) is 0 Å². The fraction of sp³-hybridized carbons (Fsp3) is 0.0556. The molecule has 57 heavy (non-hydrogen) atoms. The number of rotatable bonds is 7. The maximum atomic E-state index is 5.35. The van der Waals surface area contributed by atoms with Crippen LogP contribution in [-0.2, 0) is 5.41 Å². The zero-order chi connectivity index (χ0) is 38.3. The first-order valence-electron chi connectivity index (χ1n) is 19.5. The third kappa shape index (κ3) is 5.96. The first kappa shape index (κ1) is 34.3. The molecule has 0 unspecified atom stereocenters. The van der Waals surface area contributed by atoms with Crippen molar-refractivity contribution in [2.24, 2.45) is 0 Å². The summed E-state index contributed by atoms with van der Waals surface area (Å²) in [5.41, 5.74) is 18.2. The van der Waals surface area contributed by atoms with Gasteiger partial charge in [0.25, 0.3) is 0 Å². The second-order valence-electron chi connectivity index (χ2n) is 15.0. The highest BCUT2D eigenvalue weighted by Gasteiger charge is 2.46. The lowest BCUT2D eigenvalue weighted by molar-refractivity contribution is 0.769. The fourth-order valence-electron chi connectivity index (χ4n) is 8.76. The van der Waals surface area contributed by atoms with Crippen LogP contribution in [0, 0.1) is 13.8 Å². The van der Waals surface area contributed by atoms with Gasteiger partial charge in [-0.3, -0.25) is 4.98 Å². The number of hydrogen-bond acceptors (Lipinski definition) is 3. The summed E-state index contributed by atoms with van der Waals surface area (Å²) >= 11 is 0. The first-order valence-corrected chi connectivity index (χ1v) is 19.5. The number of pyridine rings is 1. The van der Waals surface area contributed by atoms with Crippen LogP contribution in [0.3, 0.4) is 0 Å². The molecule has 3 nitrogen and oxygen atoms in total. The first-order chi connectivity index (χ1) is 28.1. The Morgan fingerprint density at radius 1 is 0.386 bits per heavy atom. The molecule has 0 saturated heterocycles. The monoisotopic (exact) mass is 729 g/mol. The van der Waals surface area contributed by atoms with Crippen molar-refractivity contribution in [2.75, 3.05) is 0 Å². The lowest BCUT2D eigenvalue weighted by Gasteiger charge is -2.34. The van der Waals surface area contributed by atoms with Gasteiger partial charge in [-0.2, -0.15) is 0 Å². The number of aromatic nitrogens is 3. The smallest absolute Gasteiger partial charge is 0.160 e. The van der Waals surface area contributed by atoms with E-state index in [0.29, 0.717) is 5.82 Å². The van der Waals surface area contributed by atoms with Crippen LogP contribution in [0.5, 0.6) is 0 Å². The number of hydrogen-bond donors (Lipinski definition) is 0. The van der Waals surface area contributed by atoms with Crippen LogP contribution in [0.15, 0.2) is 200 Å². The van der Waals surface area contributed by atoms with Gasteiger partial charge in [0.1, 0.15) is 0 Å². The summed E-state index contributed by atoms with van der Waals surface area (Å²) in [5, 5.41) is 0. The minimum absolute atomic E-state index is 0.609. The normalized spacial score (nSPS) is 12.5. The Balaban J connectivity index is 1.21. The molecule has 270 valence electrons. The van der Waals surface area contributed by atoms with Crippen molar-refractivity contribution in [1.29, 1.82) is 0 Å². The van der Waals surface area contributed by atoms with Gasteiger partial charge in [0.15, 0.2) is 5.82 Å². The molecule has 0 bridgehead atoms. The topological polar surface area (TPSA) is 38.7 Å². The number of nitrogens with zero attached hydrogens (tertiary/aromatic N) is 3. The third-order valence-corrected chi connectivity index (χ3v) is 11.4. The van der Waals surface area contributed by atoms with Gasteiger partial charge >= 0.3 is 0 Å². The summed E-state index contributed by atoms with van der Waals surface area (Å²) in [6, 6.07) is 69.5. The minimum atomic E-state index is -0.609. The average molecular weight is 730 g/mol. The Kier molecular flexibility index (Phi) is 8.49. The minimum Gasteiger partial charge on any atom is -0.256 e. The van der Waals surface area contributed by atoms with E-state index in [4.69, 9.17) is 15.0 Å². The molecule has 1 aliphatic rings. The lowest BCUT2D eigenvalue weighted by Crippen LogP contribution is -2.28. The maximum absolute atomic E-state index is 5.35. The van der Waals surface area contributed by atoms with E-state index in [1.807, 2.05) is 12.3 Å². The zero-order valence-corrected chi connectivity index (χ0v) is 31.9. The van der Waals surface area contributed by atoms with Gasteiger partial charge in [-0.25, -0.2) is 9.97 Å². The van der Waals surface area contributed by atoms with Gasteiger partial charge < -0.3 is 0 Å². The Bertz CT molecular complexity index is 2860. The molecule has 0 aliphatic heterocycles. The molecular formula is C54H39N3. The average Bonchev–Trinajstić information content (AvgIpc) is 3.57. The Morgan fingerprint density at radius 3 is 1.51 bits per heavy atom. The summed E-state index contributed by atoms with van der Waals surface area (Å²) < 4.78 is 0. The molecule has 10 rings (SSSR count). The quantitative estimate of drug-likeness (QED) is 0.164. The molecule has 0 saturated carbocycles. The highest BCUT2D eigenvalue weighted by atomic mass is 14.9. The van der Waals surface area contributed by atoms with Crippen molar-refractivity contribution in [3.8, 4) is 67.4 Å². The van der Waals surface area contributed by atoms with Gasteiger partial charge in [0.05, 0.1) is 22.5 Å². The molecule has 0 N–H and O–H groups in total. The van der Waals surface area contributed by atoms with Crippen molar-refractivity contribution in [3.63, 3.8) is 0 Å². The molecule has 0 radical (unpaired) electrons. The van der Waals surface area contributed by atoms with Crippen LogP contribution in [0.2, 0.25) is 0 Å². The van der Waals surface area contributed by atoms with Gasteiger partial charge in [-0.1, -0.05) is 170 Å². The Morgan fingerprint density at radius 2 is 0.895 bits per heavy atom. The highest BCUT2D eigenvalue weighted by Crippen LogP contribution is 2.57. The van der Waals surface area contributed by atoms with E-state index >= 15 is 0 Å². The molecule has 0 amide bonds. The molecule has 2 heterocycles. The maximum Gasteiger partial charge on any atom is 0.160 e. The van der Waals surface area contributed by atoms with Crippen molar-refractivity contribution in [3.05, 3.63) is 234 Å². The van der Waals surface area contributed by atoms with Crippen molar-refractivity contribution >= 4 is 0 Å². The lowest BCUT2D eigenvalue weighted by atomic mass is 9.67. The van der Waals surface area contributed by atoms with E-state index in [9.17, 15) is 0 Å². The summed E-state index contributed by atoms with van der Waals surface area (Å²) in [5.74, 6) is 0.686. The number of fused-ring (bicyclic) bond motifs is 3. The SMILES string of the molecule is Cc1cnc(-c2ccc3c(c2)C(c2ccccc2)(c2ccccc2)c2cc(-c4nc(-c5ccccc5)cc(-c5cccc(-c6ccccc6)c5)n4)ccc2-3)c(C)c1. The van der Waals surface area contributed by atoms with Crippen LogP contribution < -0.4 is 0 Å². The molecule has 1 aliphatic carbocycles. The molecule has 0 atom stereocenters. The van der Waals surface area contributed by atoms with E-state index in [1.165, 1.54) is 44.5 Å². The largest absolute Gasteiger partial charge is 0.256 e. The molecule has 3 heteroatoms. The highest BCUT2D eigenvalue weighted by molar-refractivity contribution is 5.90. The molecule has 2 aromatic heterocycles. The Labute approximate surface area is 334 Å². The van der Waals surface area contributed by atoms with E-state index in [2.05, 4.69) is 202 Å². The molecule has 0 fully saturated rings. The van der Waals surface area contributed by atoms with Gasteiger partial charge in [0.2, 0.25) is 0 Å². The second kappa shape index (κ2) is 14.1. The predicted molar refractivity (Wildman–Crippen MR) is 234 cm³/mol. The molecule has 9 aromatic rings. The van der Waals surface area contributed by atoms with Crippen molar-refractivity contribution in [2.45, 2.75) is 19.3 Å². The number of aryl methyl sites for hydroxylation is 2. The summed E-state index contributed by atoms with van der Waals surface area (Å²) in [7, 11) is 0. The van der Waals surface area contributed by atoms with E-state index in [0.717, 1.165) is 50.5 Å². The van der Waals surface area contributed by atoms with E-state index in [-0.39, 0.29) is 0 Å². The summed E-state index contributed by atoms with van der Waals surface area (Å²) in [4.78, 5) is 15.6. The van der Waals surface area contributed by atoms with Gasteiger partial charge in [0, 0.05) is 28.5 Å². The van der Waals surface area contributed by atoms with E-state index < -0.39 is 5.41 Å². The van der Waals surface area contributed by atoms with Gasteiger partial charge in [-0.05, 0) is 93.7 Å². The van der Waals surface area contributed by atoms with Crippen LogP contribution >= 0.6 is 0 Å². The molecule has 0 spiro atoms. The van der Waals surface area contributed by atoms with Crippen LogP contribution in [0.1, 0.15) is 33.4 Å². The van der Waals surface area contributed by atoms with Crippen LogP contribution in [0.4, 0.5) is 0 Å². The van der Waals surface area contributed by atoms with Crippen LogP contribution in [0.25, 0.3) is 67.4 Å². The van der Waals surface area contributed by atoms with Crippen LogP contribution in [-0.4, -0.2) is 15.0 Å². The Hall–Kier alpha value is -7.23. The molecular weight excluding hydrogens is 691 g/mol. The fourth-order valence-corrected chi connectivity index (χ4v) is 8.76. The second-order valence-corrected chi connectivity index (χ2v) is 15.0.